The first kappa shape index (κ1) is 25.4. The second kappa shape index (κ2) is 11.4. The number of hydrogen-bond acceptors (Lipinski definition) is 5. The first-order valence-corrected chi connectivity index (χ1v) is 12.5. The van der Waals surface area contributed by atoms with E-state index in [0.717, 1.165) is 28.5 Å². The third kappa shape index (κ3) is 6.17. The predicted molar refractivity (Wildman–Crippen MR) is 155 cm³/mol. The molecule has 0 saturated heterocycles. The van der Waals surface area contributed by atoms with Crippen molar-refractivity contribution in [3.8, 4) is 0 Å². The number of pyridine rings is 2. The van der Waals surface area contributed by atoms with Gasteiger partial charge in [-0.25, -0.2) is 9.97 Å². The molecular weight excluding hydrogens is 486 g/mol. The van der Waals surface area contributed by atoms with Crippen LogP contribution in [-0.4, -0.2) is 21.8 Å². The number of hydrogen-bond donors (Lipinski definition) is 2. The van der Waals surface area contributed by atoms with Gasteiger partial charge < -0.3 is 15.5 Å². The van der Waals surface area contributed by atoms with Crippen LogP contribution < -0.4 is 15.5 Å². The zero-order chi connectivity index (χ0) is 27.2. The van der Waals surface area contributed by atoms with Crippen molar-refractivity contribution in [2.45, 2.75) is 13.8 Å². The standard InChI is InChI=1S/C32H27N5O2/c1-22-8-6-12-29(33-22)35-31(38)24-14-18-27(19-15-24)37(26-10-4-3-5-11-26)28-20-16-25(17-21-28)32(39)36-30-13-7-9-23(2)34-30/h3-21H,1-2H3,(H,33,35,38)(H,34,36,39). The molecule has 5 rings (SSSR count). The molecule has 5 aromatic rings. The molecule has 2 N–H and O–H groups in total. The van der Waals surface area contributed by atoms with Crippen LogP contribution in [0.25, 0.3) is 0 Å². The lowest BCUT2D eigenvalue weighted by atomic mass is 10.1. The van der Waals surface area contributed by atoms with Gasteiger partial charge in [0.1, 0.15) is 11.6 Å². The Kier molecular flexibility index (Phi) is 7.41. The fourth-order valence-corrected chi connectivity index (χ4v) is 4.15. The van der Waals surface area contributed by atoms with Crippen LogP contribution in [0.2, 0.25) is 0 Å². The van der Waals surface area contributed by atoms with Crippen LogP contribution >= 0.6 is 0 Å². The lowest BCUT2D eigenvalue weighted by molar-refractivity contribution is 0.101. The Hall–Kier alpha value is -5.30. The highest BCUT2D eigenvalue weighted by Gasteiger charge is 2.15. The lowest BCUT2D eigenvalue weighted by Gasteiger charge is -2.25. The number of para-hydroxylation sites is 1. The monoisotopic (exact) mass is 513 g/mol. The number of aromatic nitrogens is 2. The Labute approximate surface area is 227 Å². The van der Waals surface area contributed by atoms with Gasteiger partial charge in [-0.05, 0) is 98.8 Å². The average molecular weight is 514 g/mol. The van der Waals surface area contributed by atoms with Gasteiger partial charge in [0.2, 0.25) is 0 Å². The normalized spacial score (nSPS) is 10.5. The number of carbonyl (C=O) groups excluding carboxylic acids is 2. The molecule has 192 valence electrons. The molecule has 0 bridgehead atoms. The van der Waals surface area contributed by atoms with Crippen molar-refractivity contribution in [3.05, 3.63) is 138 Å². The second-order valence-electron chi connectivity index (χ2n) is 9.00. The van der Waals surface area contributed by atoms with Crippen LogP contribution in [-0.2, 0) is 0 Å². The van der Waals surface area contributed by atoms with Gasteiger partial charge >= 0.3 is 0 Å². The number of aryl methyl sites for hydroxylation is 2. The van der Waals surface area contributed by atoms with Crippen molar-refractivity contribution >= 4 is 40.5 Å². The van der Waals surface area contributed by atoms with Crippen molar-refractivity contribution in [1.29, 1.82) is 0 Å². The molecule has 39 heavy (non-hydrogen) atoms. The summed E-state index contributed by atoms with van der Waals surface area (Å²) in [5, 5.41) is 5.68. The minimum Gasteiger partial charge on any atom is -0.311 e. The quantitative estimate of drug-likeness (QED) is 0.243. The van der Waals surface area contributed by atoms with Crippen LogP contribution in [0.1, 0.15) is 32.1 Å². The Bertz CT molecular complexity index is 1500. The van der Waals surface area contributed by atoms with Gasteiger partial charge in [0.05, 0.1) is 0 Å². The molecule has 2 aromatic heterocycles. The lowest BCUT2D eigenvalue weighted by Crippen LogP contribution is -2.15. The van der Waals surface area contributed by atoms with E-state index in [1.807, 2.05) is 92.7 Å². The maximum Gasteiger partial charge on any atom is 0.256 e. The van der Waals surface area contributed by atoms with Crippen molar-refractivity contribution < 1.29 is 9.59 Å². The zero-order valence-electron chi connectivity index (χ0n) is 21.6. The van der Waals surface area contributed by atoms with Crippen molar-refractivity contribution in [3.63, 3.8) is 0 Å². The summed E-state index contributed by atoms with van der Waals surface area (Å²) in [6.45, 7) is 3.76. The Morgan fingerprint density at radius 2 is 0.923 bits per heavy atom. The SMILES string of the molecule is Cc1cccc(NC(=O)c2ccc(N(c3ccccc3)c3ccc(C(=O)Nc4cccc(C)n4)cc3)cc2)n1. The molecule has 7 nitrogen and oxygen atoms in total. The zero-order valence-corrected chi connectivity index (χ0v) is 21.6. The van der Waals surface area contributed by atoms with Gasteiger partial charge in [0.15, 0.2) is 0 Å². The number of anilines is 5. The minimum absolute atomic E-state index is 0.232. The van der Waals surface area contributed by atoms with E-state index in [0.29, 0.717) is 22.8 Å². The number of amides is 2. The smallest absolute Gasteiger partial charge is 0.256 e. The summed E-state index contributed by atoms with van der Waals surface area (Å²) in [7, 11) is 0. The molecule has 0 atom stereocenters. The number of carbonyl (C=O) groups is 2. The molecule has 2 heterocycles. The summed E-state index contributed by atoms with van der Waals surface area (Å²) >= 11 is 0. The highest BCUT2D eigenvalue weighted by atomic mass is 16.2. The highest BCUT2D eigenvalue weighted by molar-refractivity contribution is 6.05. The van der Waals surface area contributed by atoms with Crippen molar-refractivity contribution in [2.24, 2.45) is 0 Å². The van der Waals surface area contributed by atoms with Crippen LogP contribution in [0.4, 0.5) is 28.7 Å². The first-order chi connectivity index (χ1) is 19.0. The largest absolute Gasteiger partial charge is 0.311 e. The summed E-state index contributed by atoms with van der Waals surface area (Å²) in [5.41, 5.74) is 5.38. The first-order valence-electron chi connectivity index (χ1n) is 12.5. The molecule has 0 fully saturated rings. The Balaban J connectivity index is 1.38. The van der Waals surface area contributed by atoms with Gasteiger partial charge in [-0.1, -0.05) is 30.3 Å². The summed E-state index contributed by atoms with van der Waals surface area (Å²) in [6.07, 6.45) is 0. The minimum atomic E-state index is -0.232. The average Bonchev–Trinajstić information content (AvgIpc) is 2.94. The topological polar surface area (TPSA) is 87.2 Å². The summed E-state index contributed by atoms with van der Waals surface area (Å²) in [4.78, 5) is 36.3. The number of nitrogens with zero attached hydrogens (tertiary/aromatic N) is 3. The van der Waals surface area contributed by atoms with Crippen molar-refractivity contribution in [2.75, 3.05) is 15.5 Å². The van der Waals surface area contributed by atoms with Gasteiger partial charge in [0, 0.05) is 39.6 Å². The van der Waals surface area contributed by atoms with E-state index in [4.69, 9.17) is 0 Å². The molecule has 0 saturated carbocycles. The summed E-state index contributed by atoms with van der Waals surface area (Å²) in [6, 6.07) is 35.6. The van der Waals surface area contributed by atoms with Crippen molar-refractivity contribution in [1.82, 2.24) is 9.97 Å². The maximum absolute atomic E-state index is 12.8. The van der Waals surface area contributed by atoms with Gasteiger partial charge in [0.25, 0.3) is 11.8 Å². The molecule has 0 radical (unpaired) electrons. The van der Waals surface area contributed by atoms with Gasteiger partial charge in [-0.15, -0.1) is 0 Å². The maximum atomic E-state index is 12.8. The third-order valence-corrected chi connectivity index (χ3v) is 6.05. The highest BCUT2D eigenvalue weighted by Crippen LogP contribution is 2.34. The van der Waals surface area contributed by atoms with Crippen LogP contribution in [0.5, 0.6) is 0 Å². The molecule has 0 spiro atoms. The molecule has 0 aliphatic heterocycles. The Morgan fingerprint density at radius 1 is 0.513 bits per heavy atom. The molecule has 2 amide bonds. The molecular formula is C32H27N5O2. The van der Waals surface area contributed by atoms with E-state index >= 15 is 0 Å². The number of rotatable bonds is 7. The molecule has 0 unspecified atom stereocenters. The number of nitrogens with one attached hydrogen (secondary N) is 2. The van der Waals surface area contributed by atoms with Gasteiger partial charge in [-0.2, -0.15) is 0 Å². The molecule has 3 aromatic carbocycles. The molecule has 0 aliphatic carbocycles. The van der Waals surface area contributed by atoms with E-state index in [9.17, 15) is 9.59 Å². The van der Waals surface area contributed by atoms with E-state index in [2.05, 4.69) is 25.5 Å². The number of benzene rings is 3. The van der Waals surface area contributed by atoms with Crippen LogP contribution in [0.3, 0.4) is 0 Å². The fourth-order valence-electron chi connectivity index (χ4n) is 4.15. The van der Waals surface area contributed by atoms with E-state index < -0.39 is 0 Å². The summed E-state index contributed by atoms with van der Waals surface area (Å²) in [5.74, 6) is 0.559. The van der Waals surface area contributed by atoms with Crippen LogP contribution in [0, 0.1) is 13.8 Å². The Morgan fingerprint density at radius 3 is 1.33 bits per heavy atom. The van der Waals surface area contributed by atoms with E-state index in [-0.39, 0.29) is 11.8 Å². The van der Waals surface area contributed by atoms with Gasteiger partial charge in [-0.3, -0.25) is 9.59 Å². The van der Waals surface area contributed by atoms with Crippen LogP contribution in [0.15, 0.2) is 115 Å². The second-order valence-corrected chi connectivity index (χ2v) is 9.00. The molecule has 0 aliphatic rings. The third-order valence-electron chi connectivity index (χ3n) is 6.05. The fraction of sp³-hybridized carbons (Fsp3) is 0.0625. The predicted octanol–water partition coefficient (Wildman–Crippen LogP) is 7.07. The summed E-state index contributed by atoms with van der Waals surface area (Å²) < 4.78 is 0. The molecule has 7 heteroatoms. The van der Waals surface area contributed by atoms with E-state index in [1.54, 1.807) is 36.4 Å². The van der Waals surface area contributed by atoms with E-state index in [1.165, 1.54) is 0 Å².